The zero-order valence-electron chi connectivity index (χ0n) is 14.5. The smallest absolute Gasteiger partial charge is 0.276 e. The van der Waals surface area contributed by atoms with Gasteiger partial charge in [0.25, 0.3) is 5.56 Å². The highest BCUT2D eigenvalue weighted by Crippen LogP contribution is 2.25. The van der Waals surface area contributed by atoms with E-state index in [0.29, 0.717) is 15.9 Å². The number of para-hydroxylation sites is 2. The summed E-state index contributed by atoms with van der Waals surface area (Å²) >= 11 is 2.34. The van der Waals surface area contributed by atoms with Crippen molar-refractivity contribution >= 4 is 44.9 Å². The van der Waals surface area contributed by atoms with Crippen molar-refractivity contribution in [2.45, 2.75) is 5.16 Å². The van der Waals surface area contributed by atoms with Crippen LogP contribution in [0.25, 0.3) is 15.9 Å². The van der Waals surface area contributed by atoms with Gasteiger partial charge in [-0.1, -0.05) is 42.1 Å². The SMILES string of the molecule is O=C(CSc1nc2ccsc2c(=O)n1-c1ccccc1F)Nc1ccccc1. The predicted octanol–water partition coefficient (Wildman–Crippen LogP) is 4.32. The molecule has 1 N–H and O–H groups in total. The third kappa shape index (κ3) is 3.69. The number of anilines is 1. The lowest BCUT2D eigenvalue weighted by atomic mass is 10.3. The van der Waals surface area contributed by atoms with Crippen molar-refractivity contribution in [3.63, 3.8) is 0 Å². The minimum absolute atomic E-state index is 0.0332. The van der Waals surface area contributed by atoms with E-state index in [-0.39, 0.29) is 28.1 Å². The third-order valence-corrected chi connectivity index (χ3v) is 5.76. The Morgan fingerprint density at radius 3 is 2.64 bits per heavy atom. The minimum Gasteiger partial charge on any atom is -0.325 e. The average Bonchev–Trinajstić information content (AvgIpc) is 3.17. The van der Waals surface area contributed by atoms with E-state index in [2.05, 4.69) is 10.3 Å². The number of nitrogens with one attached hydrogen (secondary N) is 1. The Hall–Kier alpha value is -2.97. The molecule has 0 saturated heterocycles. The molecule has 0 unspecified atom stereocenters. The molecular formula is C20H14FN3O2S2. The fourth-order valence-electron chi connectivity index (χ4n) is 2.68. The molecule has 4 aromatic rings. The van der Waals surface area contributed by atoms with Crippen LogP contribution in [0.4, 0.5) is 10.1 Å². The summed E-state index contributed by atoms with van der Waals surface area (Å²) in [6, 6.07) is 16.8. The third-order valence-electron chi connectivity index (χ3n) is 3.93. The lowest BCUT2D eigenvalue weighted by Crippen LogP contribution is -2.23. The molecule has 0 aliphatic carbocycles. The van der Waals surface area contributed by atoms with Crippen LogP contribution in [0, 0.1) is 5.82 Å². The molecule has 0 aliphatic rings. The standard InChI is InChI=1S/C20H14FN3O2S2/c21-14-8-4-5-9-16(14)24-19(26)18-15(10-11-27-18)23-20(24)28-12-17(25)22-13-6-2-1-3-7-13/h1-11H,12H2,(H,22,25). The van der Waals surface area contributed by atoms with Gasteiger partial charge in [0.2, 0.25) is 5.91 Å². The minimum atomic E-state index is -0.530. The molecule has 0 fully saturated rings. The summed E-state index contributed by atoms with van der Waals surface area (Å²) in [5, 5.41) is 4.82. The second-order valence-corrected chi connectivity index (χ2v) is 7.68. The van der Waals surface area contributed by atoms with E-state index in [1.165, 1.54) is 28.0 Å². The Morgan fingerprint density at radius 1 is 1.11 bits per heavy atom. The number of thioether (sulfide) groups is 1. The Balaban J connectivity index is 1.68. The lowest BCUT2D eigenvalue weighted by Gasteiger charge is -2.12. The number of benzene rings is 2. The van der Waals surface area contributed by atoms with Crippen molar-refractivity contribution in [1.82, 2.24) is 9.55 Å². The molecule has 2 aromatic heterocycles. The average molecular weight is 411 g/mol. The first-order chi connectivity index (χ1) is 13.6. The van der Waals surface area contributed by atoms with Crippen molar-refractivity contribution < 1.29 is 9.18 Å². The van der Waals surface area contributed by atoms with Crippen LogP contribution in [0.3, 0.4) is 0 Å². The number of rotatable bonds is 5. The lowest BCUT2D eigenvalue weighted by molar-refractivity contribution is -0.113. The highest BCUT2D eigenvalue weighted by Gasteiger charge is 2.17. The summed E-state index contributed by atoms with van der Waals surface area (Å²) < 4.78 is 16.1. The second kappa shape index (κ2) is 7.95. The maximum atomic E-state index is 14.4. The van der Waals surface area contributed by atoms with Gasteiger partial charge in [-0.2, -0.15) is 0 Å². The number of carbonyl (C=O) groups excluding carboxylic acids is 1. The van der Waals surface area contributed by atoms with Crippen LogP contribution in [-0.2, 0) is 4.79 Å². The number of aromatic nitrogens is 2. The normalized spacial score (nSPS) is 10.9. The van der Waals surface area contributed by atoms with E-state index in [4.69, 9.17) is 0 Å². The van der Waals surface area contributed by atoms with Crippen LogP contribution < -0.4 is 10.9 Å². The maximum Gasteiger partial charge on any atom is 0.276 e. The molecule has 1 amide bonds. The molecule has 140 valence electrons. The van der Waals surface area contributed by atoms with Gasteiger partial charge in [0.15, 0.2) is 5.16 Å². The highest BCUT2D eigenvalue weighted by molar-refractivity contribution is 7.99. The molecule has 2 heterocycles. The molecule has 0 atom stereocenters. The molecule has 8 heteroatoms. The van der Waals surface area contributed by atoms with Crippen LogP contribution in [0.2, 0.25) is 0 Å². The van der Waals surface area contributed by atoms with E-state index < -0.39 is 5.82 Å². The monoisotopic (exact) mass is 411 g/mol. The van der Waals surface area contributed by atoms with Gasteiger partial charge >= 0.3 is 0 Å². The Labute approximate surface area is 167 Å². The summed E-state index contributed by atoms with van der Waals surface area (Å²) in [5.74, 6) is -0.736. The van der Waals surface area contributed by atoms with Crippen LogP contribution in [0.15, 0.2) is 76.0 Å². The second-order valence-electron chi connectivity index (χ2n) is 5.82. The number of carbonyl (C=O) groups is 1. The van der Waals surface area contributed by atoms with Crippen molar-refractivity contribution in [1.29, 1.82) is 0 Å². The first-order valence-electron chi connectivity index (χ1n) is 8.36. The molecular weight excluding hydrogens is 397 g/mol. The van der Waals surface area contributed by atoms with Gasteiger partial charge in [0, 0.05) is 5.69 Å². The Kier molecular flexibility index (Phi) is 5.23. The summed E-state index contributed by atoms with van der Waals surface area (Å²) in [6.45, 7) is 0. The zero-order valence-corrected chi connectivity index (χ0v) is 16.1. The number of hydrogen-bond acceptors (Lipinski definition) is 5. The number of halogens is 1. The summed E-state index contributed by atoms with van der Waals surface area (Å²) in [5.41, 5.74) is 0.978. The summed E-state index contributed by atoms with van der Waals surface area (Å²) in [7, 11) is 0. The van der Waals surface area contributed by atoms with Crippen LogP contribution in [0.1, 0.15) is 0 Å². The predicted molar refractivity (Wildman–Crippen MR) is 111 cm³/mol. The van der Waals surface area contributed by atoms with Crippen LogP contribution >= 0.6 is 23.1 Å². The molecule has 0 aliphatic heterocycles. The van der Waals surface area contributed by atoms with Gasteiger partial charge in [-0.05, 0) is 35.7 Å². The zero-order chi connectivity index (χ0) is 19.5. The van der Waals surface area contributed by atoms with Crippen molar-refractivity contribution in [2.24, 2.45) is 0 Å². The van der Waals surface area contributed by atoms with Gasteiger partial charge < -0.3 is 5.32 Å². The van der Waals surface area contributed by atoms with Gasteiger partial charge in [-0.3, -0.25) is 14.2 Å². The van der Waals surface area contributed by atoms with E-state index in [0.717, 1.165) is 11.8 Å². The number of hydrogen-bond donors (Lipinski definition) is 1. The number of amides is 1. The maximum absolute atomic E-state index is 14.4. The molecule has 2 aromatic carbocycles. The van der Waals surface area contributed by atoms with Gasteiger partial charge in [0.1, 0.15) is 10.5 Å². The molecule has 4 rings (SSSR count). The van der Waals surface area contributed by atoms with Crippen molar-refractivity contribution in [3.05, 3.63) is 82.2 Å². The van der Waals surface area contributed by atoms with E-state index in [1.807, 2.05) is 18.2 Å². The van der Waals surface area contributed by atoms with Gasteiger partial charge in [0.05, 0.1) is 17.0 Å². The molecule has 0 bridgehead atoms. The van der Waals surface area contributed by atoms with E-state index in [9.17, 15) is 14.0 Å². The topological polar surface area (TPSA) is 64.0 Å². The Morgan fingerprint density at radius 2 is 1.86 bits per heavy atom. The number of fused-ring (bicyclic) bond motifs is 1. The Bertz CT molecular complexity index is 1210. The first kappa shape index (κ1) is 18.4. The van der Waals surface area contributed by atoms with Crippen LogP contribution in [-0.4, -0.2) is 21.2 Å². The largest absolute Gasteiger partial charge is 0.325 e. The number of nitrogens with zero attached hydrogens (tertiary/aromatic N) is 2. The van der Waals surface area contributed by atoms with E-state index in [1.54, 1.807) is 35.7 Å². The number of thiophene rings is 1. The summed E-state index contributed by atoms with van der Waals surface area (Å²) in [4.78, 5) is 29.7. The van der Waals surface area contributed by atoms with Gasteiger partial charge in [-0.15, -0.1) is 11.3 Å². The van der Waals surface area contributed by atoms with E-state index >= 15 is 0 Å². The van der Waals surface area contributed by atoms with Crippen molar-refractivity contribution in [2.75, 3.05) is 11.1 Å². The van der Waals surface area contributed by atoms with Crippen molar-refractivity contribution in [3.8, 4) is 5.69 Å². The van der Waals surface area contributed by atoms with Gasteiger partial charge in [-0.25, -0.2) is 9.37 Å². The molecule has 0 spiro atoms. The fourth-order valence-corrected chi connectivity index (χ4v) is 4.25. The molecule has 5 nitrogen and oxygen atoms in total. The fraction of sp³-hybridized carbons (Fsp3) is 0.0500. The molecule has 0 radical (unpaired) electrons. The quantitative estimate of drug-likeness (QED) is 0.392. The molecule has 0 saturated carbocycles. The highest BCUT2D eigenvalue weighted by atomic mass is 32.2. The first-order valence-corrected chi connectivity index (χ1v) is 10.2. The molecule has 28 heavy (non-hydrogen) atoms. The summed E-state index contributed by atoms with van der Waals surface area (Å²) in [6.07, 6.45) is 0. The van der Waals surface area contributed by atoms with Crippen LogP contribution in [0.5, 0.6) is 0 Å².